The van der Waals surface area contributed by atoms with Gasteiger partial charge in [0.1, 0.15) is 5.75 Å². The average molecular weight is 243 g/mol. The fraction of sp³-hybridized carbons (Fsp3) is 0.500. The summed E-state index contributed by atoms with van der Waals surface area (Å²) in [5, 5.41) is 12.7. The van der Waals surface area contributed by atoms with Crippen molar-refractivity contribution in [2.75, 3.05) is 13.1 Å². The molecule has 1 aliphatic heterocycles. The highest BCUT2D eigenvalue weighted by Gasteiger charge is 2.21. The first-order valence-corrected chi connectivity index (χ1v) is 5.52. The zero-order chi connectivity index (χ0) is 10.7. The molecule has 0 unspecified atom stereocenters. The van der Waals surface area contributed by atoms with Gasteiger partial charge in [-0.05, 0) is 49.5 Å². The van der Waals surface area contributed by atoms with Crippen molar-refractivity contribution in [3.63, 3.8) is 0 Å². The lowest BCUT2D eigenvalue weighted by molar-refractivity contribution is 0.321. The van der Waals surface area contributed by atoms with Crippen molar-refractivity contribution in [3.8, 4) is 5.75 Å². The second kappa shape index (κ2) is 6.09. The van der Waals surface area contributed by atoms with Gasteiger partial charge in [-0.1, -0.05) is 12.1 Å². The number of phenolic OH excluding ortho intramolecular Hbond substituents is 1. The molecule has 1 atom stereocenters. The zero-order valence-electron chi connectivity index (χ0n) is 9.23. The number of aromatic hydroxyl groups is 1. The molecule has 0 saturated carbocycles. The summed E-state index contributed by atoms with van der Waals surface area (Å²) >= 11 is 0. The van der Waals surface area contributed by atoms with Crippen molar-refractivity contribution in [1.29, 1.82) is 0 Å². The first-order valence-electron chi connectivity index (χ1n) is 5.52. The molecule has 0 radical (unpaired) electrons. The molecule has 1 aromatic rings. The van der Waals surface area contributed by atoms with E-state index in [2.05, 4.69) is 5.32 Å². The minimum Gasteiger partial charge on any atom is -0.508 e. The van der Waals surface area contributed by atoms with Gasteiger partial charge in [0.05, 0.1) is 0 Å². The van der Waals surface area contributed by atoms with Crippen LogP contribution in [0.2, 0.25) is 0 Å². The number of nitrogens with one attached hydrogen (secondary N) is 1. The highest BCUT2D eigenvalue weighted by Crippen LogP contribution is 2.28. The van der Waals surface area contributed by atoms with Crippen LogP contribution in [0.15, 0.2) is 24.3 Å². The Morgan fingerprint density at radius 3 is 2.62 bits per heavy atom. The Bertz CT molecular complexity index is 327. The molecule has 3 nitrogen and oxygen atoms in total. The van der Waals surface area contributed by atoms with Crippen molar-refractivity contribution in [1.82, 2.24) is 5.32 Å². The molecular formula is C12H19ClN2O. The SMILES string of the molecule is Cl.N[C@@H](c1cccc(O)c1)C1CCNCC1. The summed E-state index contributed by atoms with van der Waals surface area (Å²) in [4.78, 5) is 0. The van der Waals surface area contributed by atoms with Gasteiger partial charge in [0.15, 0.2) is 0 Å². The molecule has 16 heavy (non-hydrogen) atoms. The summed E-state index contributed by atoms with van der Waals surface area (Å²) < 4.78 is 0. The Hall–Kier alpha value is -0.770. The van der Waals surface area contributed by atoms with Gasteiger partial charge in [-0.15, -0.1) is 12.4 Å². The molecule has 0 amide bonds. The van der Waals surface area contributed by atoms with Crippen LogP contribution in [-0.4, -0.2) is 18.2 Å². The topological polar surface area (TPSA) is 58.3 Å². The van der Waals surface area contributed by atoms with Crippen LogP contribution in [0, 0.1) is 5.92 Å². The van der Waals surface area contributed by atoms with Crippen LogP contribution >= 0.6 is 12.4 Å². The Kier molecular flexibility index (Phi) is 5.06. The van der Waals surface area contributed by atoms with Crippen LogP contribution in [0.3, 0.4) is 0 Å². The number of halogens is 1. The third kappa shape index (κ3) is 3.11. The smallest absolute Gasteiger partial charge is 0.115 e. The van der Waals surface area contributed by atoms with Gasteiger partial charge >= 0.3 is 0 Å². The lowest BCUT2D eigenvalue weighted by Gasteiger charge is -2.28. The van der Waals surface area contributed by atoms with Gasteiger partial charge < -0.3 is 16.2 Å². The standard InChI is InChI=1S/C12H18N2O.ClH/c13-12(9-4-6-14-7-5-9)10-2-1-3-11(15)8-10;/h1-3,8-9,12,14-15H,4-7,13H2;1H/t12-;/m1./s1. The third-order valence-corrected chi connectivity index (χ3v) is 3.15. The van der Waals surface area contributed by atoms with E-state index in [4.69, 9.17) is 5.73 Å². The van der Waals surface area contributed by atoms with Crippen LogP contribution in [-0.2, 0) is 0 Å². The number of hydrogen-bond donors (Lipinski definition) is 3. The van der Waals surface area contributed by atoms with E-state index < -0.39 is 0 Å². The highest BCUT2D eigenvalue weighted by atomic mass is 35.5. The summed E-state index contributed by atoms with van der Waals surface area (Å²) in [5.41, 5.74) is 7.24. The first-order chi connectivity index (χ1) is 7.27. The lowest BCUT2D eigenvalue weighted by Crippen LogP contribution is -2.33. The fourth-order valence-corrected chi connectivity index (χ4v) is 2.21. The monoisotopic (exact) mass is 242 g/mol. The van der Waals surface area contributed by atoms with E-state index in [0.29, 0.717) is 11.7 Å². The van der Waals surface area contributed by atoms with E-state index in [0.717, 1.165) is 31.5 Å². The third-order valence-electron chi connectivity index (χ3n) is 3.15. The molecule has 4 heteroatoms. The number of hydrogen-bond acceptors (Lipinski definition) is 3. The summed E-state index contributed by atoms with van der Waals surface area (Å²) in [6.07, 6.45) is 2.24. The second-order valence-corrected chi connectivity index (χ2v) is 4.21. The molecule has 0 aliphatic carbocycles. The minimum atomic E-state index is 0. The molecule has 90 valence electrons. The molecule has 1 saturated heterocycles. The van der Waals surface area contributed by atoms with Gasteiger partial charge in [-0.3, -0.25) is 0 Å². The Morgan fingerprint density at radius 1 is 1.31 bits per heavy atom. The summed E-state index contributed by atoms with van der Waals surface area (Å²) in [5.74, 6) is 0.838. The van der Waals surface area contributed by atoms with Crippen LogP contribution in [0.4, 0.5) is 0 Å². The van der Waals surface area contributed by atoms with Crippen molar-refractivity contribution in [3.05, 3.63) is 29.8 Å². The van der Waals surface area contributed by atoms with Gasteiger partial charge in [0, 0.05) is 6.04 Å². The summed E-state index contributed by atoms with van der Waals surface area (Å²) in [6.45, 7) is 2.11. The maximum Gasteiger partial charge on any atom is 0.115 e. The van der Waals surface area contributed by atoms with Crippen LogP contribution in [0.5, 0.6) is 5.75 Å². The molecule has 4 N–H and O–H groups in total. The van der Waals surface area contributed by atoms with E-state index >= 15 is 0 Å². The molecule has 0 spiro atoms. The largest absolute Gasteiger partial charge is 0.508 e. The number of nitrogens with two attached hydrogens (primary N) is 1. The summed E-state index contributed by atoms with van der Waals surface area (Å²) in [6, 6.07) is 7.35. The average Bonchev–Trinajstić information content (AvgIpc) is 2.29. The molecule has 2 rings (SSSR count). The molecule has 1 aliphatic rings. The van der Waals surface area contributed by atoms with Crippen molar-refractivity contribution >= 4 is 12.4 Å². The normalized spacial score (nSPS) is 18.8. The van der Waals surface area contributed by atoms with Crippen LogP contribution in [0.1, 0.15) is 24.4 Å². The Balaban J connectivity index is 0.00000128. The second-order valence-electron chi connectivity index (χ2n) is 4.21. The molecule has 0 aromatic heterocycles. The Morgan fingerprint density at radius 2 is 2.00 bits per heavy atom. The predicted octanol–water partition coefficient (Wildman–Crippen LogP) is 1.81. The van der Waals surface area contributed by atoms with Crippen molar-refractivity contribution in [2.24, 2.45) is 11.7 Å². The molecule has 1 fully saturated rings. The highest BCUT2D eigenvalue weighted by molar-refractivity contribution is 5.85. The molecular weight excluding hydrogens is 224 g/mol. The van der Waals surface area contributed by atoms with Gasteiger partial charge in [0.2, 0.25) is 0 Å². The van der Waals surface area contributed by atoms with E-state index in [1.807, 2.05) is 12.1 Å². The quantitative estimate of drug-likeness (QED) is 0.742. The zero-order valence-corrected chi connectivity index (χ0v) is 10.0. The summed E-state index contributed by atoms with van der Waals surface area (Å²) in [7, 11) is 0. The number of piperidine rings is 1. The van der Waals surface area contributed by atoms with E-state index in [1.54, 1.807) is 12.1 Å². The van der Waals surface area contributed by atoms with Crippen LogP contribution < -0.4 is 11.1 Å². The van der Waals surface area contributed by atoms with Gasteiger partial charge in [-0.2, -0.15) is 0 Å². The van der Waals surface area contributed by atoms with Gasteiger partial charge in [0.25, 0.3) is 0 Å². The molecule has 1 heterocycles. The maximum absolute atomic E-state index is 9.39. The van der Waals surface area contributed by atoms with E-state index in [-0.39, 0.29) is 18.4 Å². The number of phenols is 1. The van der Waals surface area contributed by atoms with Crippen LogP contribution in [0.25, 0.3) is 0 Å². The van der Waals surface area contributed by atoms with E-state index in [1.165, 1.54) is 0 Å². The lowest BCUT2D eigenvalue weighted by atomic mass is 9.86. The number of benzene rings is 1. The Labute approximate surface area is 102 Å². The van der Waals surface area contributed by atoms with E-state index in [9.17, 15) is 5.11 Å². The maximum atomic E-state index is 9.39. The molecule has 0 bridgehead atoms. The van der Waals surface area contributed by atoms with Crippen molar-refractivity contribution < 1.29 is 5.11 Å². The number of rotatable bonds is 2. The molecule has 1 aromatic carbocycles. The minimum absolute atomic E-state index is 0. The first kappa shape index (κ1) is 13.3. The van der Waals surface area contributed by atoms with Gasteiger partial charge in [-0.25, -0.2) is 0 Å². The fourth-order valence-electron chi connectivity index (χ4n) is 2.21. The predicted molar refractivity (Wildman–Crippen MR) is 67.9 cm³/mol. The van der Waals surface area contributed by atoms with Crippen molar-refractivity contribution in [2.45, 2.75) is 18.9 Å².